The molecule has 27 heavy (non-hydrogen) atoms. The Morgan fingerprint density at radius 2 is 1.81 bits per heavy atom. The first kappa shape index (κ1) is 20.3. The van der Waals surface area contributed by atoms with Crippen LogP contribution in [0.15, 0.2) is 42.5 Å². The highest BCUT2D eigenvalue weighted by atomic mass is 35.5. The van der Waals surface area contributed by atoms with Crippen LogP contribution >= 0.6 is 11.6 Å². The SMILES string of the molecule is CC(C)NC(=O)Cc1ccc(NCC(=O)Nc2cc(Cl)ccc2C#N)cc1. The number of amides is 2. The van der Waals surface area contributed by atoms with Crippen molar-refractivity contribution in [3.63, 3.8) is 0 Å². The highest BCUT2D eigenvalue weighted by Crippen LogP contribution is 2.20. The molecule has 0 unspecified atom stereocenters. The van der Waals surface area contributed by atoms with Gasteiger partial charge in [-0.25, -0.2) is 0 Å². The maximum absolute atomic E-state index is 12.1. The zero-order chi connectivity index (χ0) is 19.8. The molecule has 0 fully saturated rings. The maximum atomic E-state index is 12.1. The number of carbonyl (C=O) groups is 2. The second-order valence-corrected chi connectivity index (χ2v) is 6.74. The Kier molecular flexibility index (Phi) is 7.21. The fourth-order valence-corrected chi connectivity index (χ4v) is 2.57. The molecule has 0 saturated heterocycles. The molecule has 6 nitrogen and oxygen atoms in total. The molecule has 2 rings (SSSR count). The number of benzene rings is 2. The van der Waals surface area contributed by atoms with Gasteiger partial charge in [-0.2, -0.15) is 5.26 Å². The van der Waals surface area contributed by atoms with Gasteiger partial charge in [-0.15, -0.1) is 0 Å². The molecule has 2 aromatic rings. The highest BCUT2D eigenvalue weighted by Gasteiger charge is 2.08. The highest BCUT2D eigenvalue weighted by molar-refractivity contribution is 6.31. The summed E-state index contributed by atoms with van der Waals surface area (Å²) in [6.07, 6.45) is 0.310. The van der Waals surface area contributed by atoms with E-state index in [4.69, 9.17) is 16.9 Å². The van der Waals surface area contributed by atoms with Gasteiger partial charge in [-0.3, -0.25) is 9.59 Å². The zero-order valence-corrected chi connectivity index (χ0v) is 15.9. The first-order valence-electron chi connectivity index (χ1n) is 8.49. The molecule has 0 saturated carbocycles. The molecule has 0 aromatic heterocycles. The van der Waals surface area contributed by atoms with Crippen LogP contribution in [0.4, 0.5) is 11.4 Å². The van der Waals surface area contributed by atoms with Gasteiger partial charge in [-0.05, 0) is 49.7 Å². The number of hydrogen-bond acceptors (Lipinski definition) is 4. The standard InChI is InChI=1S/C20H21ClN4O2/c1-13(2)24-19(26)9-14-3-7-17(8-4-14)23-12-20(27)25-18-10-16(21)6-5-15(18)11-22/h3-8,10,13,23H,9,12H2,1-2H3,(H,24,26)(H,25,27). The Morgan fingerprint density at radius 1 is 1.11 bits per heavy atom. The second-order valence-electron chi connectivity index (χ2n) is 6.30. The molecule has 0 aliphatic rings. The van der Waals surface area contributed by atoms with E-state index in [0.29, 0.717) is 22.7 Å². The number of carbonyl (C=O) groups excluding carboxylic acids is 2. The summed E-state index contributed by atoms with van der Waals surface area (Å²) in [6.45, 7) is 3.86. The Balaban J connectivity index is 1.88. The number of nitriles is 1. The van der Waals surface area contributed by atoms with E-state index >= 15 is 0 Å². The maximum Gasteiger partial charge on any atom is 0.243 e. The van der Waals surface area contributed by atoms with Crippen molar-refractivity contribution in [2.24, 2.45) is 0 Å². The van der Waals surface area contributed by atoms with E-state index in [1.807, 2.05) is 44.2 Å². The second kappa shape index (κ2) is 9.60. The molecule has 0 atom stereocenters. The van der Waals surface area contributed by atoms with Crippen LogP contribution in [0.2, 0.25) is 5.02 Å². The monoisotopic (exact) mass is 384 g/mol. The van der Waals surface area contributed by atoms with Crippen molar-refractivity contribution in [2.75, 3.05) is 17.2 Å². The molecule has 0 heterocycles. The number of rotatable bonds is 7. The number of halogens is 1. The summed E-state index contributed by atoms with van der Waals surface area (Å²) in [7, 11) is 0. The summed E-state index contributed by atoms with van der Waals surface area (Å²) < 4.78 is 0. The van der Waals surface area contributed by atoms with E-state index in [1.165, 1.54) is 6.07 Å². The predicted octanol–water partition coefficient (Wildman–Crippen LogP) is 3.33. The molecule has 7 heteroatoms. The van der Waals surface area contributed by atoms with Gasteiger partial charge in [0, 0.05) is 16.8 Å². The lowest BCUT2D eigenvalue weighted by Crippen LogP contribution is -2.31. The van der Waals surface area contributed by atoms with Crippen molar-refractivity contribution in [3.8, 4) is 6.07 Å². The molecular formula is C20H21ClN4O2. The average Bonchev–Trinajstić information content (AvgIpc) is 2.60. The van der Waals surface area contributed by atoms with Crippen LogP contribution in [0.1, 0.15) is 25.0 Å². The van der Waals surface area contributed by atoms with Crippen molar-refractivity contribution in [1.82, 2.24) is 5.32 Å². The fourth-order valence-electron chi connectivity index (χ4n) is 2.39. The number of nitrogens with zero attached hydrogens (tertiary/aromatic N) is 1. The Bertz CT molecular complexity index is 857. The average molecular weight is 385 g/mol. The topological polar surface area (TPSA) is 94.0 Å². The van der Waals surface area contributed by atoms with Gasteiger partial charge in [0.1, 0.15) is 6.07 Å². The van der Waals surface area contributed by atoms with Crippen LogP contribution < -0.4 is 16.0 Å². The molecule has 0 aliphatic carbocycles. The smallest absolute Gasteiger partial charge is 0.243 e. The van der Waals surface area contributed by atoms with Gasteiger partial charge in [0.2, 0.25) is 11.8 Å². The number of anilines is 2. The molecule has 2 amide bonds. The minimum atomic E-state index is -0.297. The van der Waals surface area contributed by atoms with Crippen molar-refractivity contribution in [2.45, 2.75) is 26.3 Å². The molecular weight excluding hydrogens is 364 g/mol. The minimum absolute atomic E-state index is 0.0279. The summed E-state index contributed by atoms with van der Waals surface area (Å²) >= 11 is 5.90. The molecule has 0 aliphatic heterocycles. The van der Waals surface area contributed by atoms with Gasteiger partial charge >= 0.3 is 0 Å². The quantitative estimate of drug-likeness (QED) is 0.682. The summed E-state index contributed by atoms with van der Waals surface area (Å²) in [5.41, 5.74) is 2.37. The lowest BCUT2D eigenvalue weighted by molar-refractivity contribution is -0.121. The molecule has 3 N–H and O–H groups in total. The van der Waals surface area contributed by atoms with Crippen LogP contribution in [0.5, 0.6) is 0 Å². The predicted molar refractivity (Wildman–Crippen MR) is 107 cm³/mol. The van der Waals surface area contributed by atoms with Gasteiger partial charge in [0.25, 0.3) is 0 Å². The molecule has 140 valence electrons. The van der Waals surface area contributed by atoms with Crippen LogP contribution in [-0.2, 0) is 16.0 Å². The lowest BCUT2D eigenvalue weighted by atomic mass is 10.1. The fraction of sp³-hybridized carbons (Fsp3) is 0.250. The van der Waals surface area contributed by atoms with Crippen molar-refractivity contribution in [1.29, 1.82) is 5.26 Å². The van der Waals surface area contributed by atoms with Crippen molar-refractivity contribution < 1.29 is 9.59 Å². The third-order valence-corrected chi connectivity index (χ3v) is 3.83. The van der Waals surface area contributed by atoms with Crippen LogP contribution in [0, 0.1) is 11.3 Å². The van der Waals surface area contributed by atoms with E-state index in [1.54, 1.807) is 12.1 Å². The molecule has 2 aromatic carbocycles. The Hall–Kier alpha value is -3.04. The Labute approximate surface area is 163 Å². The van der Waals surface area contributed by atoms with E-state index in [-0.39, 0.29) is 24.4 Å². The van der Waals surface area contributed by atoms with Crippen molar-refractivity contribution >= 4 is 34.8 Å². The Morgan fingerprint density at radius 3 is 2.44 bits per heavy atom. The summed E-state index contributed by atoms with van der Waals surface area (Å²) in [5, 5.41) is 18.0. The third kappa shape index (κ3) is 6.65. The number of nitrogens with one attached hydrogen (secondary N) is 3. The first-order valence-corrected chi connectivity index (χ1v) is 8.87. The number of hydrogen-bond donors (Lipinski definition) is 3. The summed E-state index contributed by atoms with van der Waals surface area (Å²) in [5.74, 6) is -0.325. The minimum Gasteiger partial charge on any atom is -0.376 e. The van der Waals surface area contributed by atoms with Gasteiger partial charge in [-0.1, -0.05) is 23.7 Å². The molecule has 0 bridgehead atoms. The largest absolute Gasteiger partial charge is 0.376 e. The van der Waals surface area contributed by atoms with Gasteiger partial charge < -0.3 is 16.0 Å². The van der Waals surface area contributed by atoms with Gasteiger partial charge in [0.15, 0.2) is 0 Å². The van der Waals surface area contributed by atoms with E-state index < -0.39 is 0 Å². The van der Waals surface area contributed by atoms with Crippen molar-refractivity contribution in [3.05, 3.63) is 58.6 Å². The first-order chi connectivity index (χ1) is 12.9. The van der Waals surface area contributed by atoms with Crippen LogP contribution in [-0.4, -0.2) is 24.4 Å². The molecule has 0 spiro atoms. The van der Waals surface area contributed by atoms with Gasteiger partial charge in [0.05, 0.1) is 24.2 Å². The third-order valence-electron chi connectivity index (χ3n) is 3.60. The normalized spacial score (nSPS) is 10.2. The summed E-state index contributed by atoms with van der Waals surface area (Å²) in [6, 6.07) is 14.1. The summed E-state index contributed by atoms with van der Waals surface area (Å²) in [4.78, 5) is 23.9. The lowest BCUT2D eigenvalue weighted by Gasteiger charge is -2.10. The molecule has 0 radical (unpaired) electrons. The van der Waals surface area contributed by atoms with Crippen LogP contribution in [0.3, 0.4) is 0 Å². The van der Waals surface area contributed by atoms with E-state index in [2.05, 4.69) is 16.0 Å². The van der Waals surface area contributed by atoms with E-state index in [9.17, 15) is 9.59 Å². The zero-order valence-electron chi connectivity index (χ0n) is 15.2. The van der Waals surface area contributed by atoms with Crippen LogP contribution in [0.25, 0.3) is 0 Å². The van der Waals surface area contributed by atoms with E-state index in [0.717, 1.165) is 11.3 Å².